The minimum absolute atomic E-state index is 0. The Morgan fingerprint density at radius 3 is 2.25 bits per heavy atom. The second kappa shape index (κ2) is 12.7. The number of nitrogens with zero attached hydrogens (tertiary/aromatic N) is 2. The third-order valence-corrected chi connectivity index (χ3v) is 6.64. The Bertz CT molecular complexity index is 1830. The predicted octanol–water partition coefficient (Wildman–Crippen LogP) is 9.15. The minimum atomic E-state index is -0.874. The Kier molecular flexibility index (Phi) is 8.19. The van der Waals surface area contributed by atoms with Crippen LogP contribution in [0, 0.1) is 12.1 Å². The van der Waals surface area contributed by atoms with Crippen LogP contribution in [0.3, 0.4) is 0 Å². The van der Waals surface area contributed by atoms with Gasteiger partial charge in [-0.2, -0.15) is 0 Å². The molecule has 3 nitrogen and oxygen atoms in total. The number of aromatic nitrogens is 2. The predicted molar refractivity (Wildman–Crippen MR) is 158 cm³/mol. The largest absolute Gasteiger partial charge is 0.501 e. The van der Waals surface area contributed by atoms with Crippen molar-refractivity contribution in [1.29, 1.82) is 0 Å². The standard InChI is InChI=1S/C25H18NO.C11H8N.Ir/c1-17(18-8-3-2-4-9-18)19-14-15-26-23(16-19)22-12-7-11-21-20-10-5-6-13-24(20)27-25(21)22;1-2-6-10(7-3-1)11-8-4-5-9-12-11;/h2-11,13-17H,1H3;1-6,8-9H;/q2*-1;/i17D;;. The first-order valence-electron chi connectivity index (χ1n) is 13.3. The van der Waals surface area contributed by atoms with E-state index >= 15 is 0 Å². The van der Waals surface area contributed by atoms with Gasteiger partial charge in [-0.1, -0.05) is 84.6 Å². The molecule has 7 rings (SSSR count). The Hall–Kier alpha value is -4.37. The number of benzene rings is 4. The van der Waals surface area contributed by atoms with E-state index in [9.17, 15) is 0 Å². The summed E-state index contributed by atoms with van der Waals surface area (Å²) in [5.41, 5.74) is 7.04. The van der Waals surface area contributed by atoms with Gasteiger partial charge in [0.15, 0.2) is 0 Å². The summed E-state index contributed by atoms with van der Waals surface area (Å²) < 4.78 is 15.1. The van der Waals surface area contributed by atoms with E-state index < -0.39 is 5.89 Å². The topological polar surface area (TPSA) is 38.9 Å². The van der Waals surface area contributed by atoms with Gasteiger partial charge in [0, 0.05) is 45.1 Å². The molecule has 1 atom stereocenters. The fourth-order valence-electron chi connectivity index (χ4n) is 4.61. The third kappa shape index (κ3) is 5.79. The van der Waals surface area contributed by atoms with Crippen LogP contribution in [0.5, 0.6) is 0 Å². The maximum absolute atomic E-state index is 8.96. The first-order chi connectivity index (χ1) is 19.6. The molecule has 197 valence electrons. The number of hydrogen-bond acceptors (Lipinski definition) is 3. The summed E-state index contributed by atoms with van der Waals surface area (Å²) in [5, 5.41) is 2.13. The molecule has 0 bridgehead atoms. The van der Waals surface area contributed by atoms with E-state index in [4.69, 9.17) is 5.79 Å². The Labute approximate surface area is 249 Å². The van der Waals surface area contributed by atoms with E-state index in [1.54, 1.807) is 12.4 Å². The van der Waals surface area contributed by atoms with Gasteiger partial charge in [0.1, 0.15) is 5.58 Å². The van der Waals surface area contributed by atoms with Crippen molar-refractivity contribution >= 4 is 21.9 Å². The van der Waals surface area contributed by atoms with E-state index in [-0.39, 0.29) is 20.1 Å². The molecule has 7 aromatic rings. The van der Waals surface area contributed by atoms with E-state index in [0.29, 0.717) is 0 Å². The van der Waals surface area contributed by atoms with Gasteiger partial charge < -0.3 is 14.4 Å². The summed E-state index contributed by atoms with van der Waals surface area (Å²) in [6.07, 6.45) is 3.55. The summed E-state index contributed by atoms with van der Waals surface area (Å²) >= 11 is 0. The molecular weight excluding hydrogens is 669 g/mol. The summed E-state index contributed by atoms with van der Waals surface area (Å²) in [4.78, 5) is 8.78. The van der Waals surface area contributed by atoms with Crippen molar-refractivity contribution in [2.45, 2.75) is 12.8 Å². The van der Waals surface area contributed by atoms with Crippen molar-refractivity contribution in [3.8, 4) is 22.5 Å². The molecule has 0 amide bonds. The normalized spacial score (nSPS) is 12.5. The van der Waals surface area contributed by atoms with Crippen molar-refractivity contribution in [1.82, 2.24) is 9.97 Å². The van der Waals surface area contributed by atoms with E-state index in [1.807, 2.05) is 122 Å². The molecule has 0 saturated carbocycles. The van der Waals surface area contributed by atoms with Crippen LogP contribution in [-0.2, 0) is 20.1 Å². The average Bonchev–Trinajstić information content (AvgIpc) is 3.42. The van der Waals surface area contributed by atoms with E-state index in [0.717, 1.165) is 55.6 Å². The van der Waals surface area contributed by atoms with Gasteiger partial charge in [-0.05, 0) is 40.7 Å². The number of fused-ring (bicyclic) bond motifs is 3. The van der Waals surface area contributed by atoms with Gasteiger partial charge >= 0.3 is 0 Å². The number of rotatable bonds is 4. The van der Waals surface area contributed by atoms with Crippen LogP contribution in [-0.4, -0.2) is 9.97 Å². The van der Waals surface area contributed by atoms with Gasteiger partial charge in [-0.25, -0.2) is 0 Å². The Morgan fingerprint density at radius 2 is 1.45 bits per heavy atom. The molecule has 1 radical (unpaired) electrons. The zero-order valence-electron chi connectivity index (χ0n) is 22.8. The Balaban J connectivity index is 0.000000218. The molecule has 0 N–H and O–H groups in total. The molecular formula is C36H26IrN2O-2. The molecule has 3 heterocycles. The molecule has 4 aromatic carbocycles. The summed E-state index contributed by atoms with van der Waals surface area (Å²) in [6.45, 7) is 1.91. The molecule has 0 aliphatic heterocycles. The summed E-state index contributed by atoms with van der Waals surface area (Å²) in [6, 6.07) is 45.8. The number of hydrogen-bond donors (Lipinski definition) is 0. The zero-order chi connectivity index (χ0) is 27.4. The first-order valence-corrected chi connectivity index (χ1v) is 12.8. The van der Waals surface area contributed by atoms with Crippen molar-refractivity contribution in [2.24, 2.45) is 0 Å². The number of pyridine rings is 2. The average molecular weight is 696 g/mol. The quantitative estimate of drug-likeness (QED) is 0.173. The summed E-state index contributed by atoms with van der Waals surface area (Å²) in [5.74, 6) is -0.874. The SMILES string of the molecule is [2H]C(C)(c1ccccc1)c1ccnc(-c2[c-]ccc3c2oc2ccccc23)c1.[Ir].[c-]1ccccc1-c1ccccn1. The zero-order valence-corrected chi connectivity index (χ0v) is 24.2. The third-order valence-electron chi connectivity index (χ3n) is 6.64. The Morgan fingerprint density at radius 1 is 0.675 bits per heavy atom. The molecule has 40 heavy (non-hydrogen) atoms. The van der Waals surface area contributed by atoms with Gasteiger partial charge in [0.05, 0.1) is 5.58 Å². The van der Waals surface area contributed by atoms with E-state index in [2.05, 4.69) is 28.2 Å². The van der Waals surface area contributed by atoms with Gasteiger partial charge in [-0.3, -0.25) is 0 Å². The van der Waals surface area contributed by atoms with Crippen LogP contribution < -0.4 is 0 Å². The summed E-state index contributed by atoms with van der Waals surface area (Å²) in [7, 11) is 0. The molecule has 0 fully saturated rings. The fraction of sp³-hybridized carbons (Fsp3) is 0.0556. The molecule has 0 spiro atoms. The number of furan rings is 1. The molecule has 1 unspecified atom stereocenters. The van der Waals surface area contributed by atoms with Crippen molar-refractivity contribution < 1.29 is 25.9 Å². The van der Waals surface area contributed by atoms with Crippen LogP contribution in [0.15, 0.2) is 138 Å². The second-order valence-corrected chi connectivity index (χ2v) is 9.11. The molecule has 0 aliphatic carbocycles. The van der Waals surface area contributed by atoms with Crippen LogP contribution >= 0.6 is 0 Å². The van der Waals surface area contributed by atoms with Gasteiger partial charge in [0.25, 0.3) is 0 Å². The van der Waals surface area contributed by atoms with Crippen LogP contribution in [0.25, 0.3) is 44.5 Å². The molecule has 3 aromatic heterocycles. The molecule has 0 saturated heterocycles. The second-order valence-electron chi connectivity index (χ2n) is 9.11. The maximum atomic E-state index is 8.96. The molecule has 4 heteroatoms. The van der Waals surface area contributed by atoms with Crippen molar-refractivity contribution in [3.63, 3.8) is 0 Å². The van der Waals surface area contributed by atoms with Crippen LogP contribution in [0.2, 0.25) is 0 Å². The smallest absolute Gasteiger partial charge is 0.120 e. The van der Waals surface area contributed by atoms with Crippen molar-refractivity contribution in [3.05, 3.63) is 157 Å². The number of para-hydroxylation sites is 1. The van der Waals surface area contributed by atoms with Crippen molar-refractivity contribution in [2.75, 3.05) is 0 Å². The fourth-order valence-corrected chi connectivity index (χ4v) is 4.61. The van der Waals surface area contributed by atoms with Gasteiger partial charge in [0.2, 0.25) is 0 Å². The maximum Gasteiger partial charge on any atom is 0.120 e. The minimum Gasteiger partial charge on any atom is -0.501 e. The monoisotopic (exact) mass is 696 g/mol. The van der Waals surface area contributed by atoms with Gasteiger partial charge in [-0.15, -0.1) is 54.1 Å². The van der Waals surface area contributed by atoms with Crippen LogP contribution in [0.1, 0.15) is 25.3 Å². The van der Waals surface area contributed by atoms with Crippen LogP contribution in [0.4, 0.5) is 0 Å². The van der Waals surface area contributed by atoms with E-state index in [1.165, 1.54) is 0 Å². The first kappa shape index (κ1) is 25.9. The molecule has 0 aliphatic rings.